The van der Waals surface area contributed by atoms with Gasteiger partial charge in [-0.05, 0) is 35.4 Å². The molecule has 2 N–H and O–H groups in total. The first-order valence-corrected chi connectivity index (χ1v) is 8.85. The van der Waals surface area contributed by atoms with Gasteiger partial charge in [-0.3, -0.25) is 4.79 Å². The fraction of sp³-hybridized carbons (Fsp3) is 0.227. The third kappa shape index (κ3) is 4.38. The molecule has 0 bridgehead atoms. The second kappa shape index (κ2) is 8.56. The van der Waals surface area contributed by atoms with Crippen molar-refractivity contribution in [2.24, 2.45) is 0 Å². The van der Waals surface area contributed by atoms with Gasteiger partial charge in [0.25, 0.3) is 0 Å². The van der Waals surface area contributed by atoms with Gasteiger partial charge in [0.15, 0.2) is 11.5 Å². The monoisotopic (exact) mass is 364 g/mol. The number of nitrogens with one attached hydrogen (secondary N) is 2. The molecule has 0 saturated carbocycles. The maximum absolute atomic E-state index is 12.3. The van der Waals surface area contributed by atoms with E-state index >= 15 is 0 Å². The standard InChI is InChI=1S/C22H24N2O3/c1-15(18-10-6-8-16-7-4-5-9-19(16)18)23-14-22(25)24-17-11-12-20(26-2)21(13-17)27-3/h4-13,15,23H,14H2,1-3H3,(H,24,25). The molecule has 0 aliphatic rings. The van der Waals surface area contributed by atoms with Gasteiger partial charge >= 0.3 is 0 Å². The lowest BCUT2D eigenvalue weighted by Crippen LogP contribution is -2.30. The molecule has 140 valence electrons. The first kappa shape index (κ1) is 18.7. The molecule has 1 atom stereocenters. The second-order valence-corrected chi connectivity index (χ2v) is 6.29. The predicted molar refractivity (Wildman–Crippen MR) is 109 cm³/mol. The topological polar surface area (TPSA) is 59.6 Å². The van der Waals surface area contributed by atoms with Gasteiger partial charge in [0, 0.05) is 17.8 Å². The van der Waals surface area contributed by atoms with E-state index in [2.05, 4.69) is 41.8 Å². The summed E-state index contributed by atoms with van der Waals surface area (Å²) >= 11 is 0. The Morgan fingerprint density at radius 3 is 2.48 bits per heavy atom. The van der Waals surface area contributed by atoms with E-state index < -0.39 is 0 Å². The minimum absolute atomic E-state index is 0.0484. The summed E-state index contributed by atoms with van der Waals surface area (Å²) in [5.41, 5.74) is 1.84. The molecule has 0 heterocycles. The molecular weight excluding hydrogens is 340 g/mol. The van der Waals surface area contributed by atoms with Crippen LogP contribution in [-0.2, 0) is 4.79 Å². The van der Waals surface area contributed by atoms with Crippen molar-refractivity contribution >= 4 is 22.4 Å². The fourth-order valence-corrected chi connectivity index (χ4v) is 3.10. The van der Waals surface area contributed by atoms with Crippen molar-refractivity contribution in [1.82, 2.24) is 5.32 Å². The van der Waals surface area contributed by atoms with Crippen LogP contribution in [0.25, 0.3) is 10.8 Å². The van der Waals surface area contributed by atoms with Crippen molar-refractivity contribution in [3.8, 4) is 11.5 Å². The number of methoxy groups -OCH3 is 2. The zero-order chi connectivity index (χ0) is 19.2. The number of ether oxygens (including phenoxy) is 2. The summed E-state index contributed by atoms with van der Waals surface area (Å²) in [6, 6.07) is 19.8. The Bertz CT molecular complexity index is 934. The highest BCUT2D eigenvalue weighted by Crippen LogP contribution is 2.29. The quantitative estimate of drug-likeness (QED) is 0.661. The first-order valence-electron chi connectivity index (χ1n) is 8.85. The molecular formula is C22H24N2O3. The van der Waals surface area contributed by atoms with Crippen LogP contribution in [0, 0.1) is 0 Å². The Balaban J connectivity index is 1.63. The average molecular weight is 364 g/mol. The number of hydrogen-bond donors (Lipinski definition) is 2. The van der Waals surface area contributed by atoms with Crippen LogP contribution in [0.15, 0.2) is 60.7 Å². The molecule has 3 aromatic rings. The molecule has 0 radical (unpaired) electrons. The first-order chi connectivity index (χ1) is 13.1. The molecule has 1 unspecified atom stereocenters. The average Bonchev–Trinajstić information content (AvgIpc) is 2.71. The number of amides is 1. The number of benzene rings is 3. The number of anilines is 1. The zero-order valence-corrected chi connectivity index (χ0v) is 15.8. The third-order valence-corrected chi connectivity index (χ3v) is 4.53. The van der Waals surface area contributed by atoms with Crippen LogP contribution in [-0.4, -0.2) is 26.7 Å². The Morgan fingerprint density at radius 2 is 1.70 bits per heavy atom. The summed E-state index contributed by atoms with van der Waals surface area (Å²) in [5.74, 6) is 1.08. The summed E-state index contributed by atoms with van der Waals surface area (Å²) in [5, 5.41) is 8.56. The lowest BCUT2D eigenvalue weighted by Gasteiger charge is -2.17. The molecule has 1 amide bonds. The van der Waals surface area contributed by atoms with E-state index in [9.17, 15) is 4.79 Å². The lowest BCUT2D eigenvalue weighted by molar-refractivity contribution is -0.115. The maximum Gasteiger partial charge on any atom is 0.238 e. The molecule has 0 aliphatic carbocycles. The Kier molecular flexibility index (Phi) is 5.94. The van der Waals surface area contributed by atoms with E-state index in [1.807, 2.05) is 18.2 Å². The van der Waals surface area contributed by atoms with Crippen molar-refractivity contribution in [1.29, 1.82) is 0 Å². The predicted octanol–water partition coefficient (Wildman–Crippen LogP) is 4.15. The third-order valence-electron chi connectivity index (χ3n) is 4.53. The summed E-state index contributed by atoms with van der Waals surface area (Å²) in [4.78, 5) is 12.3. The van der Waals surface area contributed by atoms with Crippen LogP contribution in [0.4, 0.5) is 5.69 Å². The van der Waals surface area contributed by atoms with Crippen molar-refractivity contribution in [3.63, 3.8) is 0 Å². The van der Waals surface area contributed by atoms with Crippen LogP contribution >= 0.6 is 0 Å². The minimum atomic E-state index is -0.116. The van der Waals surface area contributed by atoms with Crippen LogP contribution in [0.3, 0.4) is 0 Å². The Labute approximate surface area is 159 Å². The number of rotatable bonds is 7. The van der Waals surface area contributed by atoms with Crippen molar-refractivity contribution in [3.05, 3.63) is 66.2 Å². The molecule has 0 fully saturated rings. The Hall–Kier alpha value is -3.05. The van der Waals surface area contributed by atoms with E-state index in [-0.39, 0.29) is 18.5 Å². The molecule has 5 heteroatoms. The normalized spacial score (nSPS) is 11.8. The number of carbonyl (C=O) groups excluding carboxylic acids is 1. The number of fused-ring (bicyclic) bond motifs is 1. The molecule has 0 spiro atoms. The largest absolute Gasteiger partial charge is 0.493 e. The summed E-state index contributed by atoms with van der Waals surface area (Å²) in [7, 11) is 3.14. The van der Waals surface area contributed by atoms with Crippen LogP contribution in [0.5, 0.6) is 11.5 Å². The molecule has 3 rings (SSSR count). The van der Waals surface area contributed by atoms with Gasteiger partial charge in [-0.25, -0.2) is 0 Å². The van der Waals surface area contributed by atoms with Crippen LogP contribution in [0.2, 0.25) is 0 Å². The minimum Gasteiger partial charge on any atom is -0.493 e. The van der Waals surface area contributed by atoms with Crippen molar-refractivity contribution in [2.45, 2.75) is 13.0 Å². The highest BCUT2D eigenvalue weighted by Gasteiger charge is 2.12. The molecule has 0 aromatic heterocycles. The van der Waals surface area contributed by atoms with E-state index in [1.165, 1.54) is 16.3 Å². The highest BCUT2D eigenvalue weighted by molar-refractivity contribution is 5.92. The Morgan fingerprint density at radius 1 is 0.963 bits per heavy atom. The van der Waals surface area contributed by atoms with Gasteiger partial charge < -0.3 is 20.1 Å². The van der Waals surface area contributed by atoms with Crippen LogP contribution < -0.4 is 20.1 Å². The van der Waals surface area contributed by atoms with Gasteiger partial charge in [0.1, 0.15) is 0 Å². The molecule has 0 saturated heterocycles. The van der Waals surface area contributed by atoms with Crippen LogP contribution in [0.1, 0.15) is 18.5 Å². The fourth-order valence-electron chi connectivity index (χ4n) is 3.10. The SMILES string of the molecule is COc1ccc(NC(=O)CNC(C)c2cccc3ccccc23)cc1OC. The molecule has 0 aliphatic heterocycles. The summed E-state index contributed by atoms with van der Waals surface area (Å²) in [6.07, 6.45) is 0. The van der Waals surface area contributed by atoms with E-state index in [4.69, 9.17) is 9.47 Å². The summed E-state index contributed by atoms with van der Waals surface area (Å²) in [6.45, 7) is 2.27. The molecule has 27 heavy (non-hydrogen) atoms. The second-order valence-electron chi connectivity index (χ2n) is 6.29. The highest BCUT2D eigenvalue weighted by atomic mass is 16.5. The number of hydrogen-bond acceptors (Lipinski definition) is 4. The molecule has 3 aromatic carbocycles. The van der Waals surface area contributed by atoms with Gasteiger partial charge in [-0.2, -0.15) is 0 Å². The van der Waals surface area contributed by atoms with Gasteiger partial charge in [0.2, 0.25) is 5.91 Å². The van der Waals surface area contributed by atoms with Gasteiger partial charge in [-0.1, -0.05) is 42.5 Å². The van der Waals surface area contributed by atoms with E-state index in [0.717, 1.165) is 0 Å². The number of carbonyl (C=O) groups is 1. The van der Waals surface area contributed by atoms with Gasteiger partial charge in [0.05, 0.1) is 20.8 Å². The zero-order valence-electron chi connectivity index (χ0n) is 15.8. The van der Waals surface area contributed by atoms with Gasteiger partial charge in [-0.15, -0.1) is 0 Å². The van der Waals surface area contributed by atoms with Crippen molar-refractivity contribution < 1.29 is 14.3 Å². The molecule has 5 nitrogen and oxygen atoms in total. The lowest BCUT2D eigenvalue weighted by atomic mass is 10.00. The van der Waals surface area contributed by atoms with E-state index in [1.54, 1.807) is 32.4 Å². The maximum atomic E-state index is 12.3. The summed E-state index contributed by atoms with van der Waals surface area (Å²) < 4.78 is 10.5. The van der Waals surface area contributed by atoms with E-state index in [0.29, 0.717) is 17.2 Å². The van der Waals surface area contributed by atoms with Crippen molar-refractivity contribution in [2.75, 3.05) is 26.1 Å². The smallest absolute Gasteiger partial charge is 0.238 e.